The summed E-state index contributed by atoms with van der Waals surface area (Å²) in [5, 5.41) is 16.7. The van der Waals surface area contributed by atoms with Crippen LogP contribution in [0.15, 0.2) is 17.8 Å². The van der Waals surface area contributed by atoms with Gasteiger partial charge in [0.25, 0.3) is 0 Å². The predicted molar refractivity (Wildman–Crippen MR) is 138 cm³/mol. The van der Waals surface area contributed by atoms with Crippen molar-refractivity contribution in [1.29, 1.82) is 0 Å². The highest BCUT2D eigenvalue weighted by Gasteiger charge is 2.43. The first-order chi connectivity index (χ1) is 17.5. The number of likely N-dealkylation sites (tertiary alicyclic amines) is 1. The molecule has 11 heteroatoms. The summed E-state index contributed by atoms with van der Waals surface area (Å²) >= 11 is 0. The van der Waals surface area contributed by atoms with Crippen molar-refractivity contribution in [2.75, 3.05) is 25.5 Å². The van der Waals surface area contributed by atoms with Gasteiger partial charge in [0.2, 0.25) is 5.95 Å². The lowest BCUT2D eigenvalue weighted by Gasteiger charge is -2.33. The van der Waals surface area contributed by atoms with E-state index in [1.807, 2.05) is 0 Å². The average Bonchev–Trinajstić information content (AvgIpc) is 2.87. The van der Waals surface area contributed by atoms with E-state index in [9.17, 15) is 23.1 Å². The second-order valence-electron chi connectivity index (χ2n) is 10.1. The van der Waals surface area contributed by atoms with Gasteiger partial charge in [-0.05, 0) is 63.4 Å². The first kappa shape index (κ1) is 28.9. The van der Waals surface area contributed by atoms with E-state index in [4.69, 9.17) is 4.98 Å². The SMILES string of the molecule is C=C(c1nc(NC(C)CCC)ncc1/C(=N\C)NC1CCN(C(=O)C(F)(F)F)CC1)[C@H]1CC[C@H](O)CC1. The molecule has 1 aromatic rings. The largest absolute Gasteiger partial charge is 0.471 e. The number of carbonyl (C=O) groups is 1. The second-order valence-corrected chi connectivity index (χ2v) is 10.1. The maximum atomic E-state index is 12.8. The van der Waals surface area contributed by atoms with E-state index in [0.29, 0.717) is 48.7 Å². The van der Waals surface area contributed by atoms with Gasteiger partial charge in [0.15, 0.2) is 0 Å². The van der Waals surface area contributed by atoms with Gasteiger partial charge in [-0.15, -0.1) is 0 Å². The zero-order chi connectivity index (χ0) is 27.2. The van der Waals surface area contributed by atoms with Crippen molar-refractivity contribution in [1.82, 2.24) is 20.2 Å². The molecular formula is C26H39F3N6O2. The van der Waals surface area contributed by atoms with Crippen LogP contribution < -0.4 is 10.6 Å². The molecule has 3 rings (SSSR count). The number of allylic oxidation sites excluding steroid dienone is 1. The Kier molecular flexibility index (Phi) is 9.92. The number of amides is 1. The molecule has 206 valence electrons. The summed E-state index contributed by atoms with van der Waals surface area (Å²) in [6, 6.07) is 0.0492. The highest BCUT2D eigenvalue weighted by Crippen LogP contribution is 2.35. The Labute approximate surface area is 216 Å². The number of hydrogen-bond donors (Lipinski definition) is 3. The molecule has 3 N–H and O–H groups in total. The van der Waals surface area contributed by atoms with Gasteiger partial charge in [0.1, 0.15) is 5.84 Å². The van der Waals surface area contributed by atoms with Crippen LogP contribution in [0.3, 0.4) is 0 Å². The summed E-state index contributed by atoms with van der Waals surface area (Å²) in [6.07, 6.45) is 2.36. The van der Waals surface area contributed by atoms with Crippen LogP contribution in [0.2, 0.25) is 0 Å². The van der Waals surface area contributed by atoms with Gasteiger partial charge < -0.3 is 20.6 Å². The molecule has 1 saturated heterocycles. The Morgan fingerprint density at radius 2 is 1.89 bits per heavy atom. The molecule has 2 fully saturated rings. The first-order valence-electron chi connectivity index (χ1n) is 13.1. The number of carbonyl (C=O) groups excluding carboxylic acids is 1. The van der Waals surface area contributed by atoms with Gasteiger partial charge in [0, 0.05) is 38.4 Å². The number of piperidine rings is 1. The van der Waals surface area contributed by atoms with E-state index in [2.05, 4.69) is 41.0 Å². The van der Waals surface area contributed by atoms with Crippen LogP contribution in [0, 0.1) is 5.92 Å². The van der Waals surface area contributed by atoms with Crippen LogP contribution in [-0.4, -0.2) is 76.2 Å². The summed E-state index contributed by atoms with van der Waals surface area (Å²) < 4.78 is 38.4. The summed E-state index contributed by atoms with van der Waals surface area (Å²) in [4.78, 5) is 26.2. The minimum atomic E-state index is -4.86. The number of halogens is 3. The number of aliphatic hydroxyl groups is 1. The van der Waals surface area contributed by atoms with Gasteiger partial charge in [-0.1, -0.05) is 19.9 Å². The lowest BCUT2D eigenvalue weighted by molar-refractivity contribution is -0.186. The summed E-state index contributed by atoms with van der Waals surface area (Å²) in [6.45, 7) is 8.61. The third-order valence-corrected chi connectivity index (χ3v) is 7.22. The van der Waals surface area contributed by atoms with Gasteiger partial charge in [-0.3, -0.25) is 9.79 Å². The lowest BCUT2D eigenvalue weighted by atomic mass is 9.81. The van der Waals surface area contributed by atoms with Gasteiger partial charge in [-0.25, -0.2) is 9.97 Å². The zero-order valence-corrected chi connectivity index (χ0v) is 21.9. The maximum Gasteiger partial charge on any atom is 0.471 e. The minimum absolute atomic E-state index is 0.0195. The van der Waals surface area contributed by atoms with Gasteiger partial charge in [0.05, 0.1) is 17.4 Å². The normalized spacial score (nSPS) is 22.5. The molecule has 0 aromatic carbocycles. The Morgan fingerprint density at radius 3 is 2.46 bits per heavy atom. The van der Waals surface area contributed by atoms with Crippen molar-refractivity contribution < 1.29 is 23.1 Å². The van der Waals surface area contributed by atoms with E-state index in [0.717, 1.165) is 36.2 Å². The molecular weight excluding hydrogens is 485 g/mol. The quantitative estimate of drug-likeness (QED) is 0.349. The number of alkyl halides is 3. The average molecular weight is 525 g/mol. The fourth-order valence-corrected chi connectivity index (χ4v) is 5.07. The van der Waals surface area contributed by atoms with E-state index >= 15 is 0 Å². The smallest absolute Gasteiger partial charge is 0.393 e. The standard InChI is InChI=1S/C26H39F3N6O2/c1-5-6-16(2)32-25-31-15-21(22(34-25)17(3)18-7-9-20(36)10-8-18)23(30-4)33-19-11-13-35(14-12-19)24(37)26(27,28)29/h15-16,18-20,36H,3,5-14H2,1-2,4H3,(H,30,33)(H,31,32,34)/t16?,18-,20-. The van der Waals surface area contributed by atoms with Crippen molar-refractivity contribution in [3.05, 3.63) is 24.0 Å². The van der Waals surface area contributed by atoms with E-state index in [1.165, 1.54) is 0 Å². The maximum absolute atomic E-state index is 12.8. The van der Waals surface area contributed by atoms with Crippen molar-refractivity contribution >= 4 is 23.3 Å². The second kappa shape index (κ2) is 12.7. The number of nitrogens with one attached hydrogen (secondary N) is 2. The minimum Gasteiger partial charge on any atom is -0.393 e. The van der Waals surface area contributed by atoms with Crippen molar-refractivity contribution in [2.45, 2.75) is 89.6 Å². The summed E-state index contributed by atoms with van der Waals surface area (Å²) in [5.41, 5.74) is 2.23. The monoisotopic (exact) mass is 524 g/mol. The number of hydrogen-bond acceptors (Lipinski definition) is 6. The fraction of sp³-hybridized carbons (Fsp3) is 0.692. The third kappa shape index (κ3) is 7.66. The van der Waals surface area contributed by atoms with E-state index < -0.39 is 12.1 Å². The molecule has 1 aromatic heterocycles. The molecule has 2 heterocycles. The van der Waals surface area contributed by atoms with Crippen molar-refractivity contribution in [2.24, 2.45) is 10.9 Å². The van der Waals surface area contributed by atoms with Crippen molar-refractivity contribution in [3.63, 3.8) is 0 Å². The van der Waals surface area contributed by atoms with E-state index in [-0.39, 0.29) is 37.2 Å². The topological polar surface area (TPSA) is 103 Å². The fourth-order valence-electron chi connectivity index (χ4n) is 5.07. The zero-order valence-electron chi connectivity index (χ0n) is 21.9. The Hall–Kier alpha value is -2.69. The molecule has 1 aliphatic heterocycles. The first-order valence-corrected chi connectivity index (χ1v) is 13.1. The predicted octanol–water partition coefficient (Wildman–Crippen LogP) is 4.16. The number of aliphatic imine (C=N–C) groups is 1. The van der Waals surface area contributed by atoms with Crippen LogP contribution in [0.1, 0.15) is 76.5 Å². The number of amidine groups is 1. The molecule has 2 aliphatic rings. The molecule has 0 radical (unpaired) electrons. The summed E-state index contributed by atoms with van der Waals surface area (Å²) in [5.74, 6) is -0.570. The molecule has 1 saturated carbocycles. The molecule has 0 bridgehead atoms. The number of rotatable bonds is 8. The van der Waals surface area contributed by atoms with Crippen molar-refractivity contribution in [3.8, 4) is 0 Å². The van der Waals surface area contributed by atoms with Gasteiger partial charge in [-0.2, -0.15) is 13.2 Å². The lowest BCUT2D eigenvalue weighted by Crippen LogP contribution is -2.50. The van der Waals surface area contributed by atoms with Crippen LogP contribution in [-0.2, 0) is 4.79 Å². The number of anilines is 1. The summed E-state index contributed by atoms with van der Waals surface area (Å²) in [7, 11) is 1.64. The Bertz CT molecular complexity index is 968. The van der Waals surface area contributed by atoms with Crippen LogP contribution in [0.4, 0.5) is 19.1 Å². The molecule has 1 amide bonds. The Morgan fingerprint density at radius 1 is 1.24 bits per heavy atom. The number of nitrogens with zero attached hydrogens (tertiary/aromatic N) is 4. The van der Waals surface area contributed by atoms with Crippen LogP contribution in [0.25, 0.3) is 5.57 Å². The highest BCUT2D eigenvalue weighted by molar-refractivity contribution is 6.02. The number of aliphatic hydroxyl groups excluding tert-OH is 1. The van der Waals surface area contributed by atoms with Gasteiger partial charge >= 0.3 is 12.1 Å². The molecule has 8 nitrogen and oxygen atoms in total. The number of aromatic nitrogens is 2. The molecule has 0 spiro atoms. The van der Waals surface area contributed by atoms with E-state index in [1.54, 1.807) is 13.2 Å². The van der Waals surface area contributed by atoms with Crippen LogP contribution >= 0.6 is 0 Å². The third-order valence-electron chi connectivity index (χ3n) is 7.22. The van der Waals surface area contributed by atoms with Crippen LogP contribution in [0.5, 0.6) is 0 Å². The molecule has 1 aliphatic carbocycles. The molecule has 1 unspecified atom stereocenters. The highest BCUT2D eigenvalue weighted by atomic mass is 19.4. The molecule has 1 atom stereocenters. The Balaban J connectivity index is 1.80. The molecule has 37 heavy (non-hydrogen) atoms.